The van der Waals surface area contributed by atoms with Crippen molar-refractivity contribution < 1.29 is 24.5 Å². The SMILES string of the molecule is COc1cccc(/C(O)=C2\C(=O)C(=O)N(CCc3c[nH]c4ccccc34)C2c2cccc(O)c2)c1. The van der Waals surface area contributed by atoms with Crippen LogP contribution in [0.2, 0.25) is 0 Å². The van der Waals surface area contributed by atoms with E-state index < -0.39 is 17.7 Å². The Labute approximate surface area is 201 Å². The number of hydrogen-bond acceptors (Lipinski definition) is 5. The van der Waals surface area contributed by atoms with Gasteiger partial charge < -0.3 is 24.8 Å². The number of nitrogens with zero attached hydrogens (tertiary/aromatic N) is 1. The number of rotatable bonds is 6. The average molecular weight is 469 g/mol. The van der Waals surface area contributed by atoms with Crippen molar-refractivity contribution in [3.8, 4) is 11.5 Å². The number of nitrogens with one attached hydrogen (secondary N) is 1. The number of aromatic amines is 1. The van der Waals surface area contributed by atoms with Gasteiger partial charge in [0.1, 0.15) is 17.3 Å². The van der Waals surface area contributed by atoms with Crippen LogP contribution in [0.25, 0.3) is 16.7 Å². The number of methoxy groups -OCH3 is 1. The van der Waals surface area contributed by atoms with Gasteiger partial charge in [0, 0.05) is 29.2 Å². The molecule has 5 rings (SSSR count). The Kier molecular flexibility index (Phi) is 5.74. The summed E-state index contributed by atoms with van der Waals surface area (Å²) in [7, 11) is 1.51. The number of phenolic OH excluding ortho intramolecular Hbond substituents is 1. The van der Waals surface area contributed by atoms with Gasteiger partial charge in [-0.1, -0.05) is 42.5 Å². The first-order chi connectivity index (χ1) is 17.0. The van der Waals surface area contributed by atoms with Gasteiger partial charge in [-0.2, -0.15) is 0 Å². The molecular formula is C28H24N2O5. The first kappa shape index (κ1) is 22.3. The molecule has 0 saturated carbocycles. The van der Waals surface area contributed by atoms with Crippen LogP contribution in [0.15, 0.2) is 84.6 Å². The number of ketones is 1. The van der Waals surface area contributed by atoms with Gasteiger partial charge in [-0.05, 0) is 47.9 Å². The summed E-state index contributed by atoms with van der Waals surface area (Å²) in [5.41, 5.74) is 2.89. The lowest BCUT2D eigenvalue weighted by molar-refractivity contribution is -0.139. The van der Waals surface area contributed by atoms with E-state index >= 15 is 0 Å². The smallest absolute Gasteiger partial charge is 0.295 e. The fourth-order valence-corrected chi connectivity index (χ4v) is 4.66. The Bertz CT molecular complexity index is 1470. The van der Waals surface area contributed by atoms with Gasteiger partial charge in [-0.15, -0.1) is 0 Å². The molecule has 35 heavy (non-hydrogen) atoms. The normalized spacial score (nSPS) is 17.3. The number of aromatic hydroxyl groups is 1. The molecule has 0 radical (unpaired) electrons. The summed E-state index contributed by atoms with van der Waals surface area (Å²) in [4.78, 5) is 31.1. The lowest BCUT2D eigenvalue weighted by atomic mass is 9.95. The second kappa shape index (κ2) is 9.02. The fourth-order valence-electron chi connectivity index (χ4n) is 4.66. The second-order valence-electron chi connectivity index (χ2n) is 8.43. The van der Waals surface area contributed by atoms with E-state index in [2.05, 4.69) is 4.98 Å². The van der Waals surface area contributed by atoms with Crippen LogP contribution in [0.1, 0.15) is 22.7 Å². The molecule has 3 aromatic carbocycles. The average Bonchev–Trinajstić information content (AvgIpc) is 3.40. The van der Waals surface area contributed by atoms with Crippen LogP contribution in [0, 0.1) is 0 Å². The zero-order valence-electron chi connectivity index (χ0n) is 19.1. The highest BCUT2D eigenvalue weighted by Gasteiger charge is 2.46. The zero-order valence-corrected chi connectivity index (χ0v) is 19.1. The third-order valence-electron chi connectivity index (χ3n) is 6.37. The Morgan fingerprint density at radius 3 is 2.63 bits per heavy atom. The second-order valence-corrected chi connectivity index (χ2v) is 8.43. The predicted molar refractivity (Wildman–Crippen MR) is 132 cm³/mol. The molecule has 0 spiro atoms. The summed E-state index contributed by atoms with van der Waals surface area (Å²) < 4.78 is 5.25. The number of aromatic nitrogens is 1. The summed E-state index contributed by atoms with van der Waals surface area (Å²) in [6.45, 7) is 0.252. The molecule has 1 aliphatic heterocycles. The lowest BCUT2D eigenvalue weighted by Gasteiger charge is -2.25. The molecular weight excluding hydrogens is 444 g/mol. The molecule has 7 heteroatoms. The molecule has 0 aliphatic carbocycles. The van der Waals surface area contributed by atoms with Gasteiger partial charge >= 0.3 is 0 Å². The maximum Gasteiger partial charge on any atom is 0.295 e. The van der Waals surface area contributed by atoms with Gasteiger partial charge in [-0.3, -0.25) is 9.59 Å². The predicted octanol–water partition coefficient (Wildman–Crippen LogP) is 4.55. The summed E-state index contributed by atoms with van der Waals surface area (Å²) in [6, 6.07) is 20.1. The van der Waals surface area contributed by atoms with Crippen molar-refractivity contribution in [3.05, 3.63) is 101 Å². The summed E-state index contributed by atoms with van der Waals surface area (Å²) in [6.07, 6.45) is 2.41. The lowest BCUT2D eigenvalue weighted by Crippen LogP contribution is -2.31. The molecule has 0 bridgehead atoms. The molecule has 1 aromatic heterocycles. The van der Waals surface area contributed by atoms with Crippen molar-refractivity contribution in [2.24, 2.45) is 0 Å². The number of aliphatic hydroxyl groups is 1. The highest BCUT2D eigenvalue weighted by atomic mass is 16.5. The number of ether oxygens (including phenoxy) is 1. The number of hydrogen-bond donors (Lipinski definition) is 3. The highest BCUT2D eigenvalue weighted by Crippen LogP contribution is 2.40. The summed E-state index contributed by atoms with van der Waals surface area (Å²) in [5, 5.41) is 22.4. The van der Waals surface area contributed by atoms with Crippen molar-refractivity contribution >= 4 is 28.4 Å². The third-order valence-corrected chi connectivity index (χ3v) is 6.37. The van der Waals surface area contributed by atoms with Crippen molar-refractivity contribution in [1.29, 1.82) is 0 Å². The number of H-pyrrole nitrogens is 1. The maximum absolute atomic E-state index is 13.2. The minimum Gasteiger partial charge on any atom is -0.508 e. The zero-order chi connectivity index (χ0) is 24.5. The van der Waals surface area contributed by atoms with E-state index in [1.807, 2.05) is 30.5 Å². The number of Topliss-reactive ketones (excluding diaryl/α,β-unsaturated/α-hetero) is 1. The van der Waals surface area contributed by atoms with E-state index in [9.17, 15) is 19.8 Å². The Hall–Kier alpha value is -4.52. The van der Waals surface area contributed by atoms with Crippen LogP contribution in [-0.2, 0) is 16.0 Å². The van der Waals surface area contributed by atoms with Crippen molar-refractivity contribution in [2.75, 3.05) is 13.7 Å². The van der Waals surface area contributed by atoms with E-state index in [0.29, 0.717) is 23.3 Å². The molecule has 1 amide bonds. The van der Waals surface area contributed by atoms with Crippen molar-refractivity contribution in [2.45, 2.75) is 12.5 Å². The topological polar surface area (TPSA) is 103 Å². The molecule has 7 nitrogen and oxygen atoms in total. The Morgan fingerprint density at radius 2 is 1.83 bits per heavy atom. The van der Waals surface area contributed by atoms with Crippen LogP contribution < -0.4 is 4.74 Å². The number of para-hydroxylation sites is 1. The van der Waals surface area contributed by atoms with Gasteiger partial charge in [0.05, 0.1) is 18.7 Å². The number of amides is 1. The van der Waals surface area contributed by atoms with Gasteiger partial charge in [0.2, 0.25) is 0 Å². The molecule has 1 fully saturated rings. The molecule has 3 N–H and O–H groups in total. The standard InChI is InChI=1S/C28H24N2O5/c1-35-21-9-5-7-18(15-21)26(32)24-25(17-6-4-8-20(31)14-17)30(28(34)27(24)33)13-12-19-16-29-23-11-3-2-10-22(19)23/h2-11,14-16,25,29,31-32H,12-13H2,1H3/b26-24+. The molecule has 1 atom stereocenters. The number of carbonyl (C=O) groups is 2. The quantitative estimate of drug-likeness (QED) is 0.219. The highest BCUT2D eigenvalue weighted by molar-refractivity contribution is 6.46. The van der Waals surface area contributed by atoms with E-state index in [0.717, 1.165) is 16.5 Å². The van der Waals surface area contributed by atoms with Gasteiger partial charge in [0.15, 0.2) is 0 Å². The number of carbonyl (C=O) groups excluding carboxylic acids is 2. The maximum atomic E-state index is 13.2. The number of phenols is 1. The minimum absolute atomic E-state index is 0.00565. The third kappa shape index (κ3) is 4.01. The van der Waals surface area contributed by atoms with E-state index in [-0.39, 0.29) is 23.6 Å². The monoisotopic (exact) mass is 468 g/mol. The summed E-state index contributed by atoms with van der Waals surface area (Å²) >= 11 is 0. The van der Waals surface area contributed by atoms with Crippen LogP contribution in [0.3, 0.4) is 0 Å². The Morgan fingerprint density at radius 1 is 1.03 bits per heavy atom. The van der Waals surface area contributed by atoms with Crippen molar-refractivity contribution in [3.63, 3.8) is 0 Å². The van der Waals surface area contributed by atoms with Crippen molar-refractivity contribution in [1.82, 2.24) is 9.88 Å². The first-order valence-electron chi connectivity index (χ1n) is 11.2. The molecule has 4 aromatic rings. The largest absolute Gasteiger partial charge is 0.508 e. The first-order valence-corrected chi connectivity index (χ1v) is 11.2. The summed E-state index contributed by atoms with van der Waals surface area (Å²) in [5.74, 6) is -1.23. The number of fused-ring (bicyclic) bond motifs is 1. The molecule has 1 unspecified atom stereocenters. The number of aliphatic hydroxyl groups excluding tert-OH is 1. The fraction of sp³-hybridized carbons (Fsp3) is 0.143. The van der Waals surface area contributed by atoms with Gasteiger partial charge in [0.25, 0.3) is 11.7 Å². The van der Waals surface area contributed by atoms with E-state index in [1.165, 1.54) is 24.1 Å². The van der Waals surface area contributed by atoms with E-state index in [1.54, 1.807) is 36.4 Å². The van der Waals surface area contributed by atoms with Crippen LogP contribution in [0.5, 0.6) is 11.5 Å². The molecule has 176 valence electrons. The molecule has 2 heterocycles. The minimum atomic E-state index is -0.849. The molecule has 1 saturated heterocycles. The Balaban J connectivity index is 1.58. The molecule has 1 aliphatic rings. The van der Waals surface area contributed by atoms with Crippen LogP contribution >= 0.6 is 0 Å². The van der Waals surface area contributed by atoms with Crippen LogP contribution in [-0.4, -0.2) is 45.4 Å². The van der Waals surface area contributed by atoms with Crippen LogP contribution in [0.4, 0.5) is 0 Å². The number of likely N-dealkylation sites (tertiary alicyclic amines) is 1. The van der Waals surface area contributed by atoms with Gasteiger partial charge in [-0.25, -0.2) is 0 Å². The van der Waals surface area contributed by atoms with E-state index in [4.69, 9.17) is 4.74 Å². The number of benzene rings is 3.